The Morgan fingerprint density at radius 2 is 2.00 bits per heavy atom. The van der Waals surface area contributed by atoms with Gasteiger partial charge in [0.1, 0.15) is 16.5 Å². The van der Waals surface area contributed by atoms with Gasteiger partial charge < -0.3 is 14.8 Å². The van der Waals surface area contributed by atoms with Crippen molar-refractivity contribution < 1.29 is 19.1 Å². The summed E-state index contributed by atoms with van der Waals surface area (Å²) in [6.07, 6.45) is 2.93. The highest BCUT2D eigenvalue weighted by Crippen LogP contribution is 2.69. The Hall–Kier alpha value is -1.67. The van der Waals surface area contributed by atoms with Crippen molar-refractivity contribution in [3.05, 3.63) is 44.3 Å². The molecule has 1 heterocycles. The fourth-order valence-electron chi connectivity index (χ4n) is 4.43. The average molecular weight is 455 g/mol. The maximum absolute atomic E-state index is 12.5. The van der Waals surface area contributed by atoms with E-state index in [9.17, 15) is 9.59 Å². The second-order valence-electron chi connectivity index (χ2n) is 7.88. The second-order valence-corrected chi connectivity index (χ2v) is 9.64. The molecular weight excluding hydrogens is 435 g/mol. The number of amides is 1. The molecular formula is C20H20Cl2N2O4S. The molecule has 0 spiro atoms. The van der Waals surface area contributed by atoms with Crippen LogP contribution in [0.1, 0.15) is 41.2 Å². The molecule has 2 bridgehead atoms. The third-order valence-electron chi connectivity index (χ3n) is 5.45. The third kappa shape index (κ3) is 4.28. The summed E-state index contributed by atoms with van der Waals surface area (Å²) in [7, 11) is 1.61. The van der Waals surface area contributed by atoms with Crippen LogP contribution >= 0.6 is 34.5 Å². The number of ether oxygens (including phenoxy) is 2. The molecule has 3 fully saturated rings. The molecule has 29 heavy (non-hydrogen) atoms. The molecule has 1 amide bonds. The Morgan fingerprint density at radius 1 is 1.24 bits per heavy atom. The summed E-state index contributed by atoms with van der Waals surface area (Å²) in [4.78, 5) is 29.1. The molecule has 6 nitrogen and oxygen atoms in total. The van der Waals surface area contributed by atoms with Gasteiger partial charge in [-0.05, 0) is 36.8 Å². The first-order valence-electron chi connectivity index (χ1n) is 9.18. The monoisotopic (exact) mass is 454 g/mol. The van der Waals surface area contributed by atoms with E-state index in [0.717, 1.165) is 24.3 Å². The lowest BCUT2D eigenvalue weighted by Gasteiger charge is -2.70. The van der Waals surface area contributed by atoms with Gasteiger partial charge >= 0.3 is 0 Å². The van der Waals surface area contributed by atoms with Crippen LogP contribution in [0.3, 0.4) is 0 Å². The van der Waals surface area contributed by atoms with Gasteiger partial charge in [0, 0.05) is 30.5 Å². The van der Waals surface area contributed by atoms with Crippen LogP contribution in [0.25, 0.3) is 0 Å². The highest BCUT2D eigenvalue weighted by molar-refractivity contribution is 7.09. The van der Waals surface area contributed by atoms with Crippen molar-refractivity contribution in [3.8, 4) is 5.75 Å². The predicted octanol–water partition coefficient (Wildman–Crippen LogP) is 4.29. The average Bonchev–Trinajstić information content (AvgIpc) is 3.09. The van der Waals surface area contributed by atoms with Gasteiger partial charge in [0.05, 0.1) is 16.7 Å². The summed E-state index contributed by atoms with van der Waals surface area (Å²) in [6, 6.07) is 4.87. The molecule has 9 heteroatoms. The van der Waals surface area contributed by atoms with Crippen LogP contribution in [0.4, 0.5) is 0 Å². The van der Waals surface area contributed by atoms with Crippen molar-refractivity contribution in [1.29, 1.82) is 0 Å². The first-order chi connectivity index (χ1) is 13.8. The number of nitrogens with one attached hydrogen (secondary N) is 1. The van der Waals surface area contributed by atoms with E-state index in [-0.39, 0.29) is 29.3 Å². The minimum Gasteiger partial charge on any atom is -0.484 e. The fourth-order valence-corrected chi connectivity index (χ4v) is 5.48. The zero-order valence-corrected chi connectivity index (χ0v) is 18.1. The molecule has 3 aliphatic carbocycles. The van der Waals surface area contributed by atoms with Crippen LogP contribution in [0.2, 0.25) is 10.0 Å². The lowest BCUT2D eigenvalue weighted by atomic mass is 9.38. The van der Waals surface area contributed by atoms with Crippen LogP contribution in [0, 0.1) is 5.41 Å². The number of aromatic nitrogens is 1. The number of ketones is 1. The summed E-state index contributed by atoms with van der Waals surface area (Å²) in [5.41, 5.74) is 0.321. The molecule has 3 aliphatic rings. The van der Waals surface area contributed by atoms with E-state index in [0.29, 0.717) is 34.5 Å². The third-order valence-corrected chi connectivity index (χ3v) is 7.01. The van der Waals surface area contributed by atoms with E-state index in [2.05, 4.69) is 10.3 Å². The lowest BCUT2D eigenvalue weighted by Crippen LogP contribution is -2.75. The van der Waals surface area contributed by atoms with Crippen LogP contribution in [0.5, 0.6) is 5.75 Å². The van der Waals surface area contributed by atoms with E-state index in [1.807, 2.05) is 0 Å². The Bertz CT molecular complexity index is 942. The zero-order chi connectivity index (χ0) is 20.6. The van der Waals surface area contributed by atoms with Crippen LogP contribution in [-0.2, 0) is 16.1 Å². The number of nitrogens with zero attached hydrogens (tertiary/aromatic N) is 1. The van der Waals surface area contributed by atoms with Crippen LogP contribution in [-0.4, -0.2) is 35.9 Å². The summed E-state index contributed by atoms with van der Waals surface area (Å²) < 4.78 is 10.5. The zero-order valence-electron chi connectivity index (χ0n) is 15.8. The molecule has 154 valence electrons. The van der Waals surface area contributed by atoms with Gasteiger partial charge in [-0.1, -0.05) is 23.2 Å². The van der Waals surface area contributed by atoms with Crippen molar-refractivity contribution in [2.45, 2.75) is 37.8 Å². The first-order valence-corrected chi connectivity index (χ1v) is 10.8. The Morgan fingerprint density at radius 3 is 2.69 bits per heavy atom. The highest BCUT2D eigenvalue weighted by Gasteiger charge is 2.68. The van der Waals surface area contributed by atoms with E-state index in [4.69, 9.17) is 32.7 Å². The van der Waals surface area contributed by atoms with E-state index < -0.39 is 0 Å². The van der Waals surface area contributed by atoms with Gasteiger partial charge in [-0.25, -0.2) is 4.98 Å². The van der Waals surface area contributed by atoms with Gasteiger partial charge in [-0.15, -0.1) is 11.3 Å². The van der Waals surface area contributed by atoms with Crippen LogP contribution in [0.15, 0.2) is 23.6 Å². The summed E-state index contributed by atoms with van der Waals surface area (Å²) in [5.74, 6) is 0.371. The largest absolute Gasteiger partial charge is 0.484 e. The topological polar surface area (TPSA) is 77.5 Å². The molecule has 1 aromatic heterocycles. The number of carbonyl (C=O) groups is 2. The fraction of sp³-hybridized carbons (Fsp3) is 0.450. The molecule has 2 aromatic rings. The maximum atomic E-state index is 12.5. The van der Waals surface area contributed by atoms with Crippen molar-refractivity contribution in [2.24, 2.45) is 5.41 Å². The molecule has 0 atom stereocenters. The smallest absolute Gasteiger partial charge is 0.258 e. The molecule has 0 unspecified atom stereocenters. The quantitative estimate of drug-likeness (QED) is 0.571. The number of hydrogen-bond acceptors (Lipinski definition) is 6. The molecule has 3 saturated carbocycles. The van der Waals surface area contributed by atoms with Crippen molar-refractivity contribution in [2.75, 3.05) is 13.7 Å². The number of Topliss-reactive ketones (excluding diaryl/α,β-unsaturated/α-hetero) is 1. The second kappa shape index (κ2) is 7.87. The standard InChI is InChI=1S/C20H20Cl2N2O4S/c1-27-7-18-23-15(8-29-18)16(25)5-19-9-20(10-19,11-19)24-17(26)6-28-12-2-3-13(21)14(22)4-12/h2-4,8H,5-7,9-11H2,1H3,(H,24,26). The van der Waals surface area contributed by atoms with Crippen molar-refractivity contribution >= 4 is 46.2 Å². The Balaban J connectivity index is 1.22. The lowest BCUT2D eigenvalue weighted by molar-refractivity contribution is -0.164. The predicted molar refractivity (Wildman–Crippen MR) is 111 cm³/mol. The van der Waals surface area contributed by atoms with Crippen LogP contribution < -0.4 is 10.1 Å². The molecule has 1 aromatic carbocycles. The minimum absolute atomic E-state index is 0.0000385. The molecule has 0 saturated heterocycles. The van der Waals surface area contributed by atoms with Crippen molar-refractivity contribution in [3.63, 3.8) is 0 Å². The molecule has 0 radical (unpaired) electrons. The summed E-state index contributed by atoms with van der Waals surface area (Å²) in [6.45, 7) is 0.329. The molecule has 1 N–H and O–H groups in total. The summed E-state index contributed by atoms with van der Waals surface area (Å²) in [5, 5.41) is 6.46. The first kappa shape index (κ1) is 20.6. The van der Waals surface area contributed by atoms with E-state index in [1.54, 1.807) is 30.7 Å². The Labute approximate surface area is 182 Å². The van der Waals surface area contributed by atoms with E-state index in [1.165, 1.54) is 11.3 Å². The number of carbonyl (C=O) groups excluding carboxylic acids is 2. The SMILES string of the molecule is COCc1nc(C(=O)CC23CC(NC(=O)COc4ccc(Cl)c(Cl)c4)(C2)C3)cs1. The minimum atomic E-state index is -0.193. The number of hydrogen-bond donors (Lipinski definition) is 1. The van der Waals surface area contributed by atoms with Gasteiger partial charge in [-0.2, -0.15) is 0 Å². The highest BCUT2D eigenvalue weighted by atomic mass is 35.5. The van der Waals surface area contributed by atoms with Gasteiger partial charge in [0.25, 0.3) is 5.91 Å². The molecule has 5 rings (SSSR count). The number of methoxy groups -OCH3 is 1. The Kier molecular flexibility index (Phi) is 5.59. The van der Waals surface area contributed by atoms with E-state index >= 15 is 0 Å². The van der Waals surface area contributed by atoms with Gasteiger partial charge in [0.15, 0.2) is 12.4 Å². The number of benzene rings is 1. The number of rotatable bonds is 9. The number of halogens is 2. The maximum Gasteiger partial charge on any atom is 0.258 e. The van der Waals surface area contributed by atoms with Gasteiger partial charge in [0.2, 0.25) is 0 Å². The number of thiazole rings is 1. The normalized spacial score (nSPS) is 24.4. The van der Waals surface area contributed by atoms with Crippen molar-refractivity contribution in [1.82, 2.24) is 10.3 Å². The van der Waals surface area contributed by atoms with Gasteiger partial charge in [-0.3, -0.25) is 9.59 Å². The summed E-state index contributed by atoms with van der Waals surface area (Å²) >= 11 is 13.2. The molecule has 0 aliphatic heterocycles.